The number of benzene rings is 5. The Bertz CT molecular complexity index is 2370. The molecule has 3 amide bonds. The number of para-hydroxylation sites is 2. The van der Waals surface area contributed by atoms with E-state index >= 15 is 0 Å². The van der Waals surface area contributed by atoms with E-state index in [0.717, 1.165) is 40.1 Å². The Morgan fingerprint density at radius 3 is 2.00 bits per heavy atom. The summed E-state index contributed by atoms with van der Waals surface area (Å²) in [5, 5.41) is 10.0. The van der Waals surface area contributed by atoms with Crippen LogP contribution in [0.15, 0.2) is 127 Å². The van der Waals surface area contributed by atoms with Crippen molar-refractivity contribution in [2.45, 2.75) is 32.9 Å². The van der Waals surface area contributed by atoms with Gasteiger partial charge in [-0.05, 0) is 109 Å². The Balaban J connectivity index is 1.19. The number of nitrogens with zero attached hydrogens (tertiary/aromatic N) is 4. The number of carbonyl (C=O) groups excluding carboxylic acids is 3. The number of aromatic hydroxyl groups is 1. The van der Waals surface area contributed by atoms with Crippen LogP contribution in [-0.4, -0.2) is 50.5 Å². The van der Waals surface area contributed by atoms with Crippen LogP contribution in [0.3, 0.4) is 0 Å². The Hall–Kier alpha value is -6.61. The second kappa shape index (κ2) is 14.4. The summed E-state index contributed by atoms with van der Waals surface area (Å²) < 4.78 is 7.65. The molecule has 9 heteroatoms. The number of carbonyl (C=O) groups is 3. The summed E-state index contributed by atoms with van der Waals surface area (Å²) in [5.41, 5.74) is 8.82. The van der Waals surface area contributed by atoms with Crippen LogP contribution in [0, 0.1) is 6.92 Å². The lowest BCUT2D eigenvalue weighted by atomic mass is 9.91. The molecule has 5 aromatic carbocycles. The molecule has 2 aliphatic heterocycles. The molecule has 1 N–H and O–H groups in total. The third-order valence-corrected chi connectivity index (χ3v) is 10.6. The molecule has 0 unspecified atom stereocenters. The normalized spacial score (nSPS) is 13.5. The second-order valence-corrected chi connectivity index (χ2v) is 13.8. The van der Waals surface area contributed by atoms with E-state index in [0.29, 0.717) is 60.9 Å². The Labute approximate surface area is 314 Å². The zero-order chi connectivity index (χ0) is 37.3. The van der Waals surface area contributed by atoms with Crippen LogP contribution in [0.5, 0.6) is 11.5 Å². The minimum atomic E-state index is -0.436. The van der Waals surface area contributed by atoms with Crippen molar-refractivity contribution in [1.82, 2.24) is 14.4 Å². The number of phenolic OH excluding ortho intramolecular Hbond substituents is 1. The van der Waals surface area contributed by atoms with Crippen molar-refractivity contribution in [3.63, 3.8) is 0 Å². The van der Waals surface area contributed by atoms with Gasteiger partial charge in [-0.1, -0.05) is 60.7 Å². The molecule has 0 radical (unpaired) electrons. The molecule has 3 heterocycles. The van der Waals surface area contributed by atoms with Gasteiger partial charge in [0.2, 0.25) is 0 Å². The zero-order valence-corrected chi connectivity index (χ0v) is 30.2. The minimum Gasteiger partial charge on any atom is -0.508 e. The molecule has 9 nitrogen and oxygen atoms in total. The highest BCUT2D eigenvalue weighted by Gasteiger charge is 2.31. The third kappa shape index (κ3) is 6.60. The maximum absolute atomic E-state index is 14.7. The van der Waals surface area contributed by atoms with Gasteiger partial charge < -0.3 is 24.2 Å². The van der Waals surface area contributed by atoms with Crippen molar-refractivity contribution in [3.8, 4) is 22.8 Å². The van der Waals surface area contributed by atoms with Crippen LogP contribution in [0.2, 0.25) is 0 Å². The fourth-order valence-electron chi connectivity index (χ4n) is 7.50. The summed E-state index contributed by atoms with van der Waals surface area (Å²) in [5.74, 6) is 0.242. The molecule has 0 saturated heterocycles. The highest BCUT2D eigenvalue weighted by Crippen LogP contribution is 2.36. The molecule has 0 spiro atoms. The molecular formula is C45H40N4O5. The van der Waals surface area contributed by atoms with Crippen molar-refractivity contribution >= 4 is 29.3 Å². The first kappa shape index (κ1) is 34.5. The molecule has 0 fully saturated rings. The Morgan fingerprint density at radius 2 is 1.26 bits per heavy atom. The van der Waals surface area contributed by atoms with E-state index in [9.17, 15) is 19.5 Å². The topological polar surface area (TPSA) is 95.3 Å². The highest BCUT2D eigenvalue weighted by atomic mass is 16.6. The lowest BCUT2D eigenvalue weighted by molar-refractivity contribution is 0.0735. The van der Waals surface area contributed by atoms with Crippen LogP contribution < -0.4 is 9.64 Å². The molecule has 54 heavy (non-hydrogen) atoms. The molecule has 0 atom stereocenters. The van der Waals surface area contributed by atoms with Crippen molar-refractivity contribution in [1.29, 1.82) is 0 Å². The number of hydrogen-bond donors (Lipinski definition) is 1. The maximum atomic E-state index is 14.7. The monoisotopic (exact) mass is 716 g/mol. The van der Waals surface area contributed by atoms with Crippen molar-refractivity contribution in [3.05, 3.63) is 166 Å². The van der Waals surface area contributed by atoms with Gasteiger partial charge in [0.1, 0.15) is 11.5 Å². The van der Waals surface area contributed by atoms with Crippen molar-refractivity contribution in [2.75, 3.05) is 18.0 Å². The predicted molar refractivity (Wildman–Crippen MR) is 208 cm³/mol. The summed E-state index contributed by atoms with van der Waals surface area (Å²) in [4.78, 5) is 47.8. The Morgan fingerprint density at radius 1 is 0.648 bits per heavy atom. The van der Waals surface area contributed by atoms with Gasteiger partial charge in [-0.25, -0.2) is 4.79 Å². The number of phenols is 1. The number of rotatable bonds is 6. The average Bonchev–Trinajstić information content (AvgIpc) is 3.51. The van der Waals surface area contributed by atoms with Gasteiger partial charge in [0.15, 0.2) is 0 Å². The third-order valence-electron chi connectivity index (χ3n) is 10.6. The number of hydrogen-bond acceptors (Lipinski definition) is 5. The van der Waals surface area contributed by atoms with Crippen LogP contribution in [-0.2, 0) is 33.0 Å². The number of fused-ring (bicyclic) bond motifs is 2. The number of anilines is 2. The predicted octanol–water partition coefficient (Wildman–Crippen LogP) is 8.44. The molecule has 0 aliphatic carbocycles. The average molecular weight is 717 g/mol. The molecule has 0 bridgehead atoms. The van der Waals surface area contributed by atoms with Crippen molar-refractivity contribution < 1.29 is 24.2 Å². The Kier molecular flexibility index (Phi) is 9.21. The summed E-state index contributed by atoms with van der Waals surface area (Å²) in [6.07, 6.45) is 0.903. The van der Waals surface area contributed by atoms with Crippen LogP contribution in [0.4, 0.5) is 16.2 Å². The summed E-state index contributed by atoms with van der Waals surface area (Å²) in [7, 11) is 1.92. The standard InChI is InChI=1S/C45H40N4O5/c1-30-39(44(52)49(35-13-5-3-6-14-35)36-17-19-37(50)20-18-36)27-42(46(30)2)40-25-32-22-24-48(45(53)54-38-15-7-4-8-16-38)29-34(32)26-41(40)43(51)47-23-21-31-11-9-10-12-33(31)28-47/h3-20,25-27,50H,21-24,28-29H2,1-2H3. The van der Waals surface area contributed by atoms with Crippen molar-refractivity contribution in [2.24, 2.45) is 7.05 Å². The molecule has 8 rings (SSSR count). The minimum absolute atomic E-state index is 0.104. The summed E-state index contributed by atoms with van der Waals surface area (Å²) in [6.45, 7) is 3.75. The van der Waals surface area contributed by atoms with Gasteiger partial charge in [-0.15, -0.1) is 0 Å². The van der Waals surface area contributed by atoms with E-state index in [-0.39, 0.29) is 17.6 Å². The fraction of sp³-hybridized carbons (Fsp3) is 0.178. The van der Waals surface area contributed by atoms with Crippen LogP contribution >= 0.6 is 0 Å². The quantitative estimate of drug-likeness (QED) is 0.187. The van der Waals surface area contributed by atoms with Gasteiger partial charge in [-0.2, -0.15) is 0 Å². The van der Waals surface area contributed by atoms with E-state index in [1.54, 1.807) is 46.2 Å². The van der Waals surface area contributed by atoms with Gasteiger partial charge in [0, 0.05) is 67.1 Å². The van der Waals surface area contributed by atoms with E-state index in [1.165, 1.54) is 5.56 Å². The SMILES string of the molecule is Cc1c(C(=O)N(c2ccccc2)c2ccc(O)cc2)cc(-c2cc3c(cc2C(=O)N2CCc4ccccc4C2)CN(C(=O)Oc2ccccc2)CC3)n1C. The lowest BCUT2D eigenvalue weighted by Gasteiger charge is -2.32. The lowest BCUT2D eigenvalue weighted by Crippen LogP contribution is -2.39. The van der Waals surface area contributed by atoms with Crippen LogP contribution in [0.25, 0.3) is 11.3 Å². The number of ether oxygens (including phenoxy) is 1. The smallest absolute Gasteiger partial charge is 0.415 e. The van der Waals surface area contributed by atoms with Crippen LogP contribution in [0.1, 0.15) is 48.7 Å². The van der Waals surface area contributed by atoms with E-state index in [4.69, 9.17) is 4.74 Å². The summed E-state index contributed by atoms with van der Waals surface area (Å²) >= 11 is 0. The van der Waals surface area contributed by atoms with Gasteiger partial charge >= 0.3 is 6.09 Å². The maximum Gasteiger partial charge on any atom is 0.415 e. The molecule has 2 aliphatic rings. The first-order valence-electron chi connectivity index (χ1n) is 18.1. The van der Waals surface area contributed by atoms with Gasteiger partial charge in [0.05, 0.1) is 5.56 Å². The number of amides is 3. The number of aromatic nitrogens is 1. The molecule has 0 saturated carbocycles. The zero-order valence-electron chi connectivity index (χ0n) is 30.2. The van der Waals surface area contributed by atoms with E-state index < -0.39 is 6.09 Å². The molecule has 270 valence electrons. The molecule has 1 aromatic heterocycles. The van der Waals surface area contributed by atoms with E-state index in [2.05, 4.69) is 18.2 Å². The largest absolute Gasteiger partial charge is 0.508 e. The highest BCUT2D eigenvalue weighted by molar-refractivity contribution is 6.12. The first-order chi connectivity index (χ1) is 26.2. The van der Waals surface area contributed by atoms with E-state index in [1.807, 2.05) is 96.2 Å². The summed E-state index contributed by atoms with van der Waals surface area (Å²) in [6, 6.07) is 39.1. The second-order valence-electron chi connectivity index (χ2n) is 13.8. The van der Waals surface area contributed by atoms with Gasteiger partial charge in [-0.3, -0.25) is 14.5 Å². The molecule has 6 aromatic rings. The first-order valence-corrected chi connectivity index (χ1v) is 18.1. The fourth-order valence-corrected chi connectivity index (χ4v) is 7.50. The van der Waals surface area contributed by atoms with Gasteiger partial charge in [0.25, 0.3) is 11.8 Å². The molecular weight excluding hydrogens is 677 g/mol.